The predicted molar refractivity (Wildman–Crippen MR) is 128 cm³/mol. The van der Waals surface area contributed by atoms with E-state index in [0.29, 0.717) is 17.4 Å². The van der Waals surface area contributed by atoms with Crippen molar-refractivity contribution in [1.29, 1.82) is 0 Å². The summed E-state index contributed by atoms with van der Waals surface area (Å²) in [5.74, 6) is 0. The number of phosphoric ester groups is 1. The molecule has 0 heterocycles. The summed E-state index contributed by atoms with van der Waals surface area (Å²) in [4.78, 5) is 20.2. The highest BCUT2D eigenvalue weighted by Crippen LogP contribution is 2.40. The minimum absolute atomic E-state index is 0.237. The van der Waals surface area contributed by atoms with E-state index in [1.807, 2.05) is 46.3 Å². The van der Waals surface area contributed by atoms with Crippen molar-refractivity contribution in [2.75, 3.05) is 27.7 Å². The zero-order valence-electron chi connectivity index (χ0n) is 20.6. The van der Waals surface area contributed by atoms with Crippen LogP contribution in [0.2, 0.25) is 0 Å². The Morgan fingerprint density at radius 2 is 1.90 bits per heavy atom. The number of quaternary nitrogens is 1. The molecule has 0 spiro atoms. The van der Waals surface area contributed by atoms with Crippen LogP contribution in [0.3, 0.4) is 0 Å². The van der Waals surface area contributed by atoms with Crippen LogP contribution >= 0.6 is 7.82 Å². The van der Waals surface area contributed by atoms with E-state index < -0.39 is 13.9 Å². The van der Waals surface area contributed by atoms with Crippen LogP contribution in [0.1, 0.15) is 60.3 Å². The van der Waals surface area contributed by atoms with Crippen molar-refractivity contribution in [3.63, 3.8) is 0 Å². The Labute approximate surface area is 189 Å². The Morgan fingerprint density at radius 3 is 2.45 bits per heavy atom. The van der Waals surface area contributed by atoms with Gasteiger partial charge in [-0.15, -0.1) is 0 Å². The molecule has 1 aliphatic carbocycles. The summed E-state index contributed by atoms with van der Waals surface area (Å²) in [7, 11) is 1.09. The van der Waals surface area contributed by atoms with Gasteiger partial charge in [0.1, 0.15) is 12.6 Å². The van der Waals surface area contributed by atoms with E-state index >= 15 is 0 Å². The summed E-state index contributed by atoms with van der Waals surface area (Å²) in [6.45, 7) is 11.4. The first kappa shape index (κ1) is 27.8. The second-order valence-electron chi connectivity index (χ2n) is 10.4. The number of hydrogen-bond acceptors (Lipinski definition) is 3. The zero-order valence-corrected chi connectivity index (χ0v) is 21.5. The number of hydrogen-bond donors (Lipinski definition) is 1. The number of allylic oxidation sites excluding steroid dienone is 9. The van der Waals surface area contributed by atoms with E-state index in [1.165, 1.54) is 36.0 Å². The zero-order chi connectivity index (χ0) is 23.9. The van der Waals surface area contributed by atoms with Gasteiger partial charge in [0.2, 0.25) is 0 Å². The highest BCUT2D eigenvalue weighted by molar-refractivity contribution is 7.44. The summed E-state index contributed by atoms with van der Waals surface area (Å²) in [6, 6.07) is 0. The molecule has 0 saturated heterocycles. The van der Waals surface area contributed by atoms with Crippen molar-refractivity contribution in [2.24, 2.45) is 5.41 Å². The lowest BCUT2D eigenvalue weighted by atomic mass is 9.72. The van der Waals surface area contributed by atoms with Gasteiger partial charge in [-0.3, -0.25) is 4.57 Å². The van der Waals surface area contributed by atoms with Crippen LogP contribution in [0.15, 0.2) is 58.7 Å². The molecule has 1 aliphatic rings. The first-order valence-electron chi connectivity index (χ1n) is 11.0. The van der Waals surface area contributed by atoms with Gasteiger partial charge >= 0.3 is 0 Å². The molecule has 2 unspecified atom stereocenters. The number of likely N-dealkylation sites (N-methyl/N-ethyl adjacent to an activating group) is 1. The maximum atomic E-state index is 11.2. The largest absolute Gasteiger partial charge is 0.756 e. The Hall–Kier alpha value is -1.23. The molecule has 6 heteroatoms. The molecule has 0 saturated carbocycles. The molecule has 1 N–H and O–H groups in total. The Balaban J connectivity index is 2.77. The standard InChI is InChI=1S/C25H42NO4P/c1-20(14-16-23(19-26(6,7)8)30-31(27,28)29)11-9-12-21(2)15-17-24-22(3)13-10-18-25(24,4)5/h9,11-12,14-15,17,23H,10,13,16,18-19H2,1-8H3,(H-,27,28,29)/b11-9+,17-15+,20-14+,21-12+. The van der Waals surface area contributed by atoms with E-state index in [9.17, 15) is 9.46 Å². The third-order valence-corrected chi connectivity index (χ3v) is 6.07. The first-order valence-corrected chi connectivity index (χ1v) is 12.5. The molecule has 0 bridgehead atoms. The maximum Gasteiger partial charge on any atom is 0.265 e. The van der Waals surface area contributed by atoms with Gasteiger partial charge in [0.25, 0.3) is 7.82 Å². The lowest BCUT2D eigenvalue weighted by molar-refractivity contribution is -0.873. The fourth-order valence-corrected chi connectivity index (χ4v) is 4.50. The highest BCUT2D eigenvalue weighted by atomic mass is 31.2. The Kier molecular flexibility index (Phi) is 10.4. The van der Waals surface area contributed by atoms with Crippen molar-refractivity contribution >= 4 is 7.82 Å². The van der Waals surface area contributed by atoms with Gasteiger partial charge in [0, 0.05) is 0 Å². The monoisotopic (exact) mass is 451 g/mol. The SMILES string of the molecule is CC1=C(/C=C/C(C)=C/C=C/C(C)=C/CC(C[N+](C)(C)C)OP(=O)([O-])O)C(C)(C)CCC1. The summed E-state index contributed by atoms with van der Waals surface area (Å²) < 4.78 is 16.6. The Morgan fingerprint density at radius 1 is 1.26 bits per heavy atom. The van der Waals surface area contributed by atoms with E-state index in [4.69, 9.17) is 9.42 Å². The molecule has 0 radical (unpaired) electrons. The molecule has 2 atom stereocenters. The lowest BCUT2D eigenvalue weighted by Gasteiger charge is -2.32. The molecule has 0 aromatic heterocycles. The maximum absolute atomic E-state index is 11.2. The molecule has 1 rings (SSSR count). The first-order chi connectivity index (χ1) is 14.1. The fourth-order valence-electron chi connectivity index (χ4n) is 3.97. The summed E-state index contributed by atoms with van der Waals surface area (Å²) in [5.41, 5.74) is 5.36. The molecule has 0 fully saturated rings. The lowest BCUT2D eigenvalue weighted by Crippen LogP contribution is -2.42. The quantitative estimate of drug-likeness (QED) is 0.272. The normalized spacial score (nSPS) is 21.7. The van der Waals surface area contributed by atoms with Crippen LogP contribution in [0.5, 0.6) is 0 Å². The van der Waals surface area contributed by atoms with Crippen LogP contribution in [-0.2, 0) is 9.09 Å². The molecule has 0 aromatic rings. The molecule has 0 amide bonds. The van der Waals surface area contributed by atoms with Crippen LogP contribution in [0.4, 0.5) is 0 Å². The summed E-state index contributed by atoms with van der Waals surface area (Å²) >= 11 is 0. The van der Waals surface area contributed by atoms with Gasteiger partial charge < -0.3 is 18.8 Å². The van der Waals surface area contributed by atoms with Gasteiger partial charge in [-0.05, 0) is 57.4 Å². The van der Waals surface area contributed by atoms with Crippen molar-refractivity contribution in [3.8, 4) is 0 Å². The van der Waals surface area contributed by atoms with Crippen LogP contribution in [0.25, 0.3) is 0 Å². The van der Waals surface area contributed by atoms with E-state index in [0.717, 1.165) is 5.57 Å². The molecule has 176 valence electrons. The van der Waals surface area contributed by atoms with Gasteiger partial charge in [0.15, 0.2) is 0 Å². The number of phosphoric acid groups is 1. The van der Waals surface area contributed by atoms with Crippen LogP contribution < -0.4 is 4.89 Å². The third-order valence-electron chi connectivity index (χ3n) is 5.51. The van der Waals surface area contributed by atoms with Crippen LogP contribution in [0, 0.1) is 5.41 Å². The smallest absolute Gasteiger partial charge is 0.265 e. The minimum atomic E-state index is -4.76. The van der Waals surface area contributed by atoms with Gasteiger partial charge in [-0.2, -0.15) is 0 Å². The topological polar surface area (TPSA) is 69.6 Å². The molecular weight excluding hydrogens is 409 g/mol. The van der Waals surface area contributed by atoms with Gasteiger partial charge in [-0.25, -0.2) is 0 Å². The molecular formula is C25H42NO4P. The highest BCUT2D eigenvalue weighted by Gasteiger charge is 2.26. The Bertz CT molecular complexity index is 804. The average molecular weight is 452 g/mol. The summed E-state index contributed by atoms with van der Waals surface area (Å²) in [6.07, 6.45) is 15.9. The average Bonchev–Trinajstić information content (AvgIpc) is 2.56. The van der Waals surface area contributed by atoms with E-state index in [-0.39, 0.29) is 5.41 Å². The number of nitrogens with zero attached hydrogens (tertiary/aromatic N) is 1. The van der Waals surface area contributed by atoms with E-state index in [2.05, 4.69) is 45.9 Å². The summed E-state index contributed by atoms with van der Waals surface area (Å²) in [5, 5.41) is 0. The van der Waals surface area contributed by atoms with Crippen molar-refractivity contribution in [1.82, 2.24) is 0 Å². The van der Waals surface area contributed by atoms with Crippen molar-refractivity contribution in [2.45, 2.75) is 66.4 Å². The van der Waals surface area contributed by atoms with E-state index in [1.54, 1.807) is 0 Å². The van der Waals surface area contributed by atoms with Crippen molar-refractivity contribution in [3.05, 3.63) is 58.7 Å². The second kappa shape index (κ2) is 11.6. The molecule has 0 aromatic carbocycles. The minimum Gasteiger partial charge on any atom is -0.756 e. The number of rotatable bonds is 10. The fraction of sp³-hybridized carbons (Fsp3) is 0.600. The van der Waals surface area contributed by atoms with Gasteiger partial charge in [0.05, 0.1) is 21.1 Å². The molecule has 5 nitrogen and oxygen atoms in total. The molecule has 0 aliphatic heterocycles. The predicted octanol–water partition coefficient (Wildman–Crippen LogP) is 5.46. The van der Waals surface area contributed by atoms with Crippen LogP contribution in [-0.4, -0.2) is 43.2 Å². The third kappa shape index (κ3) is 11.8. The van der Waals surface area contributed by atoms with Crippen molar-refractivity contribution < 1.29 is 23.4 Å². The second-order valence-corrected chi connectivity index (χ2v) is 11.5. The molecule has 31 heavy (non-hydrogen) atoms. The van der Waals surface area contributed by atoms with Gasteiger partial charge in [-0.1, -0.05) is 67.0 Å².